The van der Waals surface area contributed by atoms with Crippen molar-refractivity contribution in [1.29, 1.82) is 0 Å². The fourth-order valence-corrected chi connectivity index (χ4v) is 5.57. The van der Waals surface area contributed by atoms with E-state index in [0.29, 0.717) is 5.69 Å². The van der Waals surface area contributed by atoms with Crippen molar-refractivity contribution in [3.05, 3.63) is 53.1 Å². The Morgan fingerprint density at radius 1 is 1.04 bits per heavy atom. The monoisotopic (exact) mass is 390 g/mol. The molecule has 136 valence electrons. The first-order chi connectivity index (χ1) is 12.4. The van der Waals surface area contributed by atoms with Crippen molar-refractivity contribution >= 4 is 38.9 Å². The zero-order valence-corrected chi connectivity index (χ0v) is 15.7. The normalized spacial score (nSPS) is 18.4. The lowest BCUT2D eigenvalue weighted by Crippen LogP contribution is -2.36. The number of rotatable bonds is 3. The molecule has 1 fully saturated rings. The maximum atomic E-state index is 12.7. The second-order valence-electron chi connectivity index (χ2n) is 6.89. The van der Waals surface area contributed by atoms with E-state index in [0.717, 1.165) is 43.4 Å². The third-order valence-corrected chi connectivity index (χ3v) is 7.18. The third kappa shape index (κ3) is 2.77. The first-order valence-corrected chi connectivity index (χ1v) is 10.5. The van der Waals surface area contributed by atoms with E-state index in [4.69, 9.17) is 11.6 Å². The summed E-state index contributed by atoms with van der Waals surface area (Å²) in [6.07, 6.45) is 4.73. The van der Waals surface area contributed by atoms with Crippen LogP contribution >= 0.6 is 11.6 Å². The van der Waals surface area contributed by atoms with Gasteiger partial charge in [0.25, 0.3) is 10.0 Å². The van der Waals surface area contributed by atoms with Crippen molar-refractivity contribution in [2.24, 2.45) is 0 Å². The van der Waals surface area contributed by atoms with Crippen molar-refractivity contribution < 1.29 is 13.2 Å². The van der Waals surface area contributed by atoms with E-state index in [1.165, 1.54) is 6.07 Å². The van der Waals surface area contributed by atoms with Gasteiger partial charge in [-0.2, -0.15) is 0 Å². The van der Waals surface area contributed by atoms with Crippen LogP contribution < -0.4 is 10.0 Å². The number of carbonyl (C=O) groups excluding carboxylic acids is 1. The van der Waals surface area contributed by atoms with Gasteiger partial charge in [-0.05, 0) is 48.7 Å². The smallest absolute Gasteiger partial charge is 0.263 e. The predicted octanol–water partition coefficient (Wildman–Crippen LogP) is 4.29. The van der Waals surface area contributed by atoms with Crippen LogP contribution in [0.25, 0.3) is 0 Å². The lowest BCUT2D eigenvalue weighted by Gasteiger charge is -2.31. The molecular weight excluding hydrogens is 372 g/mol. The van der Waals surface area contributed by atoms with Crippen molar-refractivity contribution in [2.75, 3.05) is 10.0 Å². The minimum atomic E-state index is -3.80. The molecule has 0 bridgehead atoms. The summed E-state index contributed by atoms with van der Waals surface area (Å²) in [7, 11) is -3.80. The molecule has 1 aliphatic heterocycles. The molecule has 5 nitrogen and oxygen atoms in total. The van der Waals surface area contributed by atoms with Crippen LogP contribution in [0.2, 0.25) is 5.02 Å². The Hall–Kier alpha value is -2.05. The molecule has 0 atom stereocenters. The van der Waals surface area contributed by atoms with E-state index in [1.807, 2.05) is 0 Å². The molecule has 0 aromatic heterocycles. The maximum absolute atomic E-state index is 12.7. The van der Waals surface area contributed by atoms with E-state index in [2.05, 4.69) is 10.0 Å². The Balaban J connectivity index is 1.70. The van der Waals surface area contributed by atoms with E-state index in [9.17, 15) is 13.2 Å². The Morgan fingerprint density at radius 2 is 1.77 bits per heavy atom. The quantitative estimate of drug-likeness (QED) is 0.820. The molecule has 7 heteroatoms. The first-order valence-electron chi connectivity index (χ1n) is 8.66. The second-order valence-corrected chi connectivity index (χ2v) is 8.95. The van der Waals surface area contributed by atoms with Gasteiger partial charge in [-0.25, -0.2) is 8.42 Å². The number of benzene rings is 2. The van der Waals surface area contributed by atoms with Gasteiger partial charge < -0.3 is 5.32 Å². The lowest BCUT2D eigenvalue weighted by molar-refractivity contribution is -0.121. The molecule has 26 heavy (non-hydrogen) atoms. The van der Waals surface area contributed by atoms with E-state index >= 15 is 0 Å². The topological polar surface area (TPSA) is 75.3 Å². The lowest BCUT2D eigenvalue weighted by atomic mass is 9.70. The molecular formula is C19H19ClN2O3S. The zero-order valence-electron chi connectivity index (χ0n) is 14.1. The minimum Gasteiger partial charge on any atom is -0.325 e. The summed E-state index contributed by atoms with van der Waals surface area (Å²) in [6, 6.07) is 11.5. The highest BCUT2D eigenvalue weighted by molar-refractivity contribution is 7.92. The Bertz CT molecular complexity index is 982. The van der Waals surface area contributed by atoms with Crippen molar-refractivity contribution in [3.63, 3.8) is 0 Å². The molecule has 1 saturated carbocycles. The first kappa shape index (κ1) is 17.4. The molecule has 4 rings (SSSR count). The molecule has 0 radical (unpaired) electrons. The number of carbonyl (C=O) groups is 1. The Labute approximate surface area is 157 Å². The maximum Gasteiger partial charge on any atom is 0.263 e. The number of hydrogen-bond acceptors (Lipinski definition) is 3. The summed E-state index contributed by atoms with van der Waals surface area (Å²) in [4.78, 5) is 12.6. The average molecular weight is 391 g/mol. The van der Waals surface area contributed by atoms with Gasteiger partial charge in [0, 0.05) is 11.4 Å². The molecule has 2 aliphatic rings. The summed E-state index contributed by atoms with van der Waals surface area (Å²) in [5.74, 6) is 0.0262. The fraction of sp³-hybridized carbons (Fsp3) is 0.316. The van der Waals surface area contributed by atoms with Gasteiger partial charge in [-0.15, -0.1) is 0 Å². The number of hydrogen-bond donors (Lipinski definition) is 2. The van der Waals surface area contributed by atoms with E-state index < -0.39 is 15.4 Å². The van der Waals surface area contributed by atoms with E-state index in [1.54, 1.807) is 36.4 Å². The molecule has 1 heterocycles. The molecule has 2 aromatic carbocycles. The van der Waals surface area contributed by atoms with Gasteiger partial charge in [0.2, 0.25) is 5.91 Å². The van der Waals surface area contributed by atoms with E-state index in [-0.39, 0.29) is 15.8 Å². The molecule has 0 saturated heterocycles. The van der Waals surface area contributed by atoms with Crippen LogP contribution in [0, 0.1) is 0 Å². The Kier molecular flexibility index (Phi) is 4.20. The summed E-state index contributed by atoms with van der Waals surface area (Å²) < 4.78 is 27.9. The number of amides is 1. The van der Waals surface area contributed by atoms with Crippen LogP contribution in [0.4, 0.5) is 11.4 Å². The molecule has 2 N–H and O–H groups in total. The molecule has 0 unspecified atom stereocenters. The highest BCUT2D eigenvalue weighted by Crippen LogP contribution is 2.48. The highest BCUT2D eigenvalue weighted by atomic mass is 35.5. The molecule has 1 aliphatic carbocycles. The van der Waals surface area contributed by atoms with Gasteiger partial charge in [-0.3, -0.25) is 9.52 Å². The highest BCUT2D eigenvalue weighted by Gasteiger charge is 2.47. The van der Waals surface area contributed by atoms with Gasteiger partial charge in [0.05, 0.1) is 10.4 Å². The van der Waals surface area contributed by atoms with Gasteiger partial charge in [0.1, 0.15) is 4.90 Å². The number of nitrogens with one attached hydrogen (secondary N) is 2. The van der Waals surface area contributed by atoms with Gasteiger partial charge in [-0.1, -0.05) is 43.0 Å². The van der Waals surface area contributed by atoms with Gasteiger partial charge in [0.15, 0.2) is 0 Å². The van der Waals surface area contributed by atoms with Crippen LogP contribution in [-0.2, 0) is 20.2 Å². The van der Waals surface area contributed by atoms with Crippen molar-refractivity contribution in [3.8, 4) is 0 Å². The second kappa shape index (κ2) is 6.28. The largest absolute Gasteiger partial charge is 0.325 e. The standard InChI is InChI=1S/C19H19ClN2O3S/c20-15-6-2-3-7-17(15)26(24,25)22-13-8-9-16-14(12-13)19(18(23)21-16)10-4-1-5-11-19/h2-3,6-9,12,22H,1,4-5,10-11H2,(H,21,23). The summed E-state index contributed by atoms with van der Waals surface area (Å²) in [5.41, 5.74) is 1.57. The molecule has 1 amide bonds. The van der Waals surface area contributed by atoms with Crippen LogP contribution in [0.15, 0.2) is 47.4 Å². The number of halogens is 1. The summed E-state index contributed by atoms with van der Waals surface area (Å²) >= 11 is 6.03. The van der Waals surface area contributed by atoms with Crippen LogP contribution in [0.1, 0.15) is 37.7 Å². The number of sulfonamides is 1. The number of fused-ring (bicyclic) bond motifs is 2. The zero-order chi connectivity index (χ0) is 18.4. The van der Waals surface area contributed by atoms with Crippen LogP contribution in [0.5, 0.6) is 0 Å². The van der Waals surface area contributed by atoms with Gasteiger partial charge >= 0.3 is 0 Å². The Morgan fingerprint density at radius 3 is 2.50 bits per heavy atom. The molecule has 1 spiro atoms. The summed E-state index contributed by atoms with van der Waals surface area (Å²) in [5, 5.41) is 3.12. The average Bonchev–Trinajstić information content (AvgIpc) is 2.87. The van der Waals surface area contributed by atoms with Crippen LogP contribution in [-0.4, -0.2) is 14.3 Å². The van der Waals surface area contributed by atoms with Crippen molar-refractivity contribution in [2.45, 2.75) is 42.4 Å². The van der Waals surface area contributed by atoms with Crippen LogP contribution in [0.3, 0.4) is 0 Å². The predicted molar refractivity (Wildman–Crippen MR) is 102 cm³/mol. The number of anilines is 2. The SMILES string of the molecule is O=C1Nc2ccc(NS(=O)(=O)c3ccccc3Cl)cc2C12CCCCC2. The van der Waals surface area contributed by atoms with Crippen molar-refractivity contribution in [1.82, 2.24) is 0 Å². The summed E-state index contributed by atoms with van der Waals surface area (Å²) in [6.45, 7) is 0. The molecule has 2 aromatic rings. The third-order valence-electron chi connectivity index (χ3n) is 5.30. The fourth-order valence-electron chi connectivity index (χ4n) is 4.00. The minimum absolute atomic E-state index is 0.0262.